The molecule has 2 nitrogen and oxygen atoms in total. The molecule has 0 atom stereocenters. The normalized spacial score (nSPS) is 10.2. The molecule has 2 N–H and O–H groups in total. The van der Waals surface area contributed by atoms with Crippen LogP contribution in [-0.2, 0) is 0 Å². The number of thiophene rings is 1. The number of hydrogen-bond donors (Lipinski definition) is 1. The second kappa shape index (κ2) is 3.16. The summed E-state index contributed by atoms with van der Waals surface area (Å²) in [6.07, 6.45) is 0. The lowest BCUT2D eigenvalue weighted by atomic mass is 10.1. The van der Waals surface area contributed by atoms with Crippen LogP contribution in [0.25, 0.3) is 10.1 Å². The number of nitrogen functional groups attached to an aromatic ring is 1. The standard InChI is InChI=1S/C9H5IN2S/c10-6-1-2-8-9(5(6)3-11)7(12)4-13-8/h1-2,4H,12H2. The van der Waals surface area contributed by atoms with Crippen molar-refractivity contribution >= 4 is 49.7 Å². The molecule has 0 unspecified atom stereocenters. The van der Waals surface area contributed by atoms with Gasteiger partial charge in [0.05, 0.1) is 11.3 Å². The van der Waals surface area contributed by atoms with E-state index >= 15 is 0 Å². The molecule has 0 saturated heterocycles. The molecule has 0 aliphatic rings. The molecule has 4 heteroatoms. The van der Waals surface area contributed by atoms with E-state index in [-0.39, 0.29) is 0 Å². The molecule has 64 valence electrons. The lowest BCUT2D eigenvalue weighted by Crippen LogP contribution is -1.86. The van der Waals surface area contributed by atoms with Crippen molar-refractivity contribution in [2.75, 3.05) is 5.73 Å². The third-order valence-corrected chi connectivity index (χ3v) is 3.69. The van der Waals surface area contributed by atoms with Crippen molar-refractivity contribution in [3.05, 3.63) is 26.6 Å². The van der Waals surface area contributed by atoms with Crippen molar-refractivity contribution in [3.63, 3.8) is 0 Å². The number of nitrogens with zero attached hydrogens (tertiary/aromatic N) is 1. The summed E-state index contributed by atoms with van der Waals surface area (Å²) in [4.78, 5) is 0. The van der Waals surface area contributed by atoms with Crippen LogP contribution in [0, 0.1) is 14.9 Å². The number of rotatable bonds is 0. The van der Waals surface area contributed by atoms with E-state index in [4.69, 9.17) is 11.0 Å². The molecule has 1 aromatic carbocycles. The molecule has 0 bridgehead atoms. The number of nitriles is 1. The molecule has 2 rings (SSSR count). The van der Waals surface area contributed by atoms with Gasteiger partial charge in [-0.25, -0.2) is 0 Å². The largest absolute Gasteiger partial charge is 0.398 e. The summed E-state index contributed by atoms with van der Waals surface area (Å²) >= 11 is 3.72. The zero-order valence-electron chi connectivity index (χ0n) is 6.54. The number of hydrogen-bond acceptors (Lipinski definition) is 3. The van der Waals surface area contributed by atoms with Crippen molar-refractivity contribution in [2.45, 2.75) is 0 Å². The fourth-order valence-electron chi connectivity index (χ4n) is 1.24. The van der Waals surface area contributed by atoms with Crippen LogP contribution in [0.2, 0.25) is 0 Å². The Kier molecular flexibility index (Phi) is 2.14. The molecule has 0 radical (unpaired) electrons. The van der Waals surface area contributed by atoms with Crippen LogP contribution in [0.4, 0.5) is 5.69 Å². The predicted molar refractivity (Wildman–Crippen MR) is 63.7 cm³/mol. The summed E-state index contributed by atoms with van der Waals surface area (Å²) in [6, 6.07) is 6.13. The molecule has 13 heavy (non-hydrogen) atoms. The molecular formula is C9H5IN2S. The van der Waals surface area contributed by atoms with Crippen molar-refractivity contribution in [1.82, 2.24) is 0 Å². The Hall–Kier alpha value is -0.800. The minimum absolute atomic E-state index is 0.692. The van der Waals surface area contributed by atoms with Crippen molar-refractivity contribution in [3.8, 4) is 6.07 Å². The number of halogens is 1. The van der Waals surface area contributed by atoms with Gasteiger partial charge in [-0.1, -0.05) is 0 Å². The van der Waals surface area contributed by atoms with Gasteiger partial charge >= 0.3 is 0 Å². The van der Waals surface area contributed by atoms with E-state index < -0.39 is 0 Å². The molecule has 2 aromatic rings. The van der Waals surface area contributed by atoms with Gasteiger partial charge < -0.3 is 5.73 Å². The number of anilines is 1. The molecule has 0 aliphatic carbocycles. The van der Waals surface area contributed by atoms with Crippen LogP contribution in [0.15, 0.2) is 17.5 Å². The molecule has 0 fully saturated rings. The number of fused-ring (bicyclic) bond motifs is 1. The number of nitrogens with two attached hydrogens (primary N) is 1. The summed E-state index contributed by atoms with van der Waals surface area (Å²) in [5, 5.41) is 11.7. The van der Waals surface area contributed by atoms with E-state index in [1.54, 1.807) is 11.3 Å². The van der Waals surface area contributed by atoms with Gasteiger partial charge in [-0.3, -0.25) is 0 Å². The predicted octanol–water partition coefficient (Wildman–Crippen LogP) is 2.96. The summed E-state index contributed by atoms with van der Waals surface area (Å²) in [6.45, 7) is 0. The molecule has 0 amide bonds. The van der Waals surface area contributed by atoms with Gasteiger partial charge in [-0.15, -0.1) is 11.3 Å². The fourth-order valence-corrected chi connectivity index (χ4v) is 2.66. The van der Waals surface area contributed by atoms with E-state index in [2.05, 4.69) is 28.7 Å². The average Bonchev–Trinajstić information content (AvgIpc) is 2.49. The number of benzene rings is 1. The second-order valence-electron chi connectivity index (χ2n) is 2.60. The highest BCUT2D eigenvalue weighted by molar-refractivity contribution is 14.1. The molecule has 0 aliphatic heterocycles. The van der Waals surface area contributed by atoms with Crippen LogP contribution in [0.3, 0.4) is 0 Å². The Bertz CT molecular complexity index is 510. The van der Waals surface area contributed by atoms with Crippen LogP contribution >= 0.6 is 33.9 Å². The van der Waals surface area contributed by atoms with Crippen LogP contribution in [-0.4, -0.2) is 0 Å². The van der Waals surface area contributed by atoms with Gasteiger partial charge in [0.1, 0.15) is 6.07 Å². The van der Waals surface area contributed by atoms with Crippen molar-refractivity contribution < 1.29 is 0 Å². The van der Waals surface area contributed by atoms with Gasteiger partial charge in [-0.05, 0) is 34.7 Å². The maximum atomic E-state index is 8.95. The van der Waals surface area contributed by atoms with E-state index in [0.717, 1.165) is 13.7 Å². The summed E-state index contributed by atoms with van der Waals surface area (Å²) in [5.41, 5.74) is 7.17. The molecule has 1 heterocycles. The summed E-state index contributed by atoms with van der Waals surface area (Å²) in [5.74, 6) is 0. The SMILES string of the molecule is N#Cc1c(I)ccc2scc(N)c12. The zero-order valence-corrected chi connectivity index (χ0v) is 9.52. The van der Waals surface area contributed by atoms with Gasteiger partial charge in [0, 0.05) is 19.0 Å². The highest BCUT2D eigenvalue weighted by atomic mass is 127. The first kappa shape index (κ1) is 8.78. The van der Waals surface area contributed by atoms with Crippen molar-refractivity contribution in [2.24, 2.45) is 0 Å². The molecule has 1 aromatic heterocycles. The quantitative estimate of drug-likeness (QED) is 0.760. The summed E-state index contributed by atoms with van der Waals surface area (Å²) < 4.78 is 2.03. The highest BCUT2D eigenvalue weighted by Gasteiger charge is 2.09. The first-order valence-corrected chi connectivity index (χ1v) is 5.55. The summed E-state index contributed by atoms with van der Waals surface area (Å²) in [7, 11) is 0. The Morgan fingerprint density at radius 2 is 2.23 bits per heavy atom. The Balaban J connectivity index is 2.99. The lowest BCUT2D eigenvalue weighted by molar-refractivity contribution is 1.49. The first-order chi connectivity index (χ1) is 6.24. The highest BCUT2D eigenvalue weighted by Crippen LogP contribution is 2.32. The van der Waals surface area contributed by atoms with Gasteiger partial charge in [0.2, 0.25) is 0 Å². The zero-order chi connectivity index (χ0) is 9.42. The Morgan fingerprint density at radius 1 is 1.46 bits per heavy atom. The molecule has 0 spiro atoms. The topological polar surface area (TPSA) is 49.8 Å². The maximum absolute atomic E-state index is 8.95. The van der Waals surface area contributed by atoms with Crippen LogP contribution < -0.4 is 5.73 Å². The Morgan fingerprint density at radius 3 is 2.92 bits per heavy atom. The third-order valence-electron chi connectivity index (χ3n) is 1.83. The van der Waals surface area contributed by atoms with E-state index in [0.29, 0.717) is 11.3 Å². The van der Waals surface area contributed by atoms with Gasteiger partial charge in [0.15, 0.2) is 0 Å². The fraction of sp³-hybridized carbons (Fsp3) is 0. The average molecular weight is 300 g/mol. The van der Waals surface area contributed by atoms with E-state index in [1.165, 1.54) is 0 Å². The first-order valence-electron chi connectivity index (χ1n) is 3.59. The van der Waals surface area contributed by atoms with Gasteiger partial charge in [0.25, 0.3) is 0 Å². The van der Waals surface area contributed by atoms with Gasteiger partial charge in [-0.2, -0.15) is 5.26 Å². The molecular weight excluding hydrogens is 295 g/mol. The minimum Gasteiger partial charge on any atom is -0.398 e. The lowest BCUT2D eigenvalue weighted by Gasteiger charge is -1.97. The van der Waals surface area contributed by atoms with E-state index in [9.17, 15) is 0 Å². The Labute approximate surface area is 93.1 Å². The maximum Gasteiger partial charge on any atom is 0.101 e. The van der Waals surface area contributed by atoms with E-state index in [1.807, 2.05) is 17.5 Å². The minimum atomic E-state index is 0.692. The molecule has 0 saturated carbocycles. The second-order valence-corrected chi connectivity index (χ2v) is 4.67. The third kappa shape index (κ3) is 1.28. The van der Waals surface area contributed by atoms with Crippen molar-refractivity contribution in [1.29, 1.82) is 5.26 Å². The van der Waals surface area contributed by atoms with Crippen LogP contribution in [0.5, 0.6) is 0 Å². The smallest absolute Gasteiger partial charge is 0.101 e. The van der Waals surface area contributed by atoms with Crippen LogP contribution in [0.1, 0.15) is 5.56 Å². The monoisotopic (exact) mass is 300 g/mol.